The number of carbonyl (C=O) groups is 1. The molecule has 1 amide bonds. The predicted molar refractivity (Wildman–Crippen MR) is 99.0 cm³/mol. The average molecular weight is 362 g/mol. The van der Waals surface area contributed by atoms with Gasteiger partial charge in [0, 0.05) is 30.1 Å². The van der Waals surface area contributed by atoms with Crippen molar-refractivity contribution in [2.45, 2.75) is 20.3 Å². The van der Waals surface area contributed by atoms with E-state index in [1.807, 2.05) is 50.4 Å². The smallest absolute Gasteiger partial charge is 0.291 e. The molecular weight excluding hydrogens is 344 g/mol. The largest absolute Gasteiger partial charge is 0.456 e. The van der Waals surface area contributed by atoms with E-state index in [1.165, 1.54) is 0 Å². The lowest BCUT2D eigenvalue weighted by molar-refractivity contribution is 0.0995. The Balaban J connectivity index is 1.44. The predicted octanol–water partition coefficient (Wildman–Crippen LogP) is 3.91. The molecule has 0 fully saturated rings. The van der Waals surface area contributed by atoms with Gasteiger partial charge in [0.15, 0.2) is 5.76 Å². The van der Waals surface area contributed by atoms with Crippen molar-refractivity contribution in [2.24, 2.45) is 0 Å². The highest BCUT2D eigenvalue weighted by atomic mass is 16.5. The Bertz CT molecular complexity index is 1040. The molecule has 0 aliphatic rings. The number of nitrogens with zero attached hydrogens (tertiary/aromatic N) is 3. The minimum atomic E-state index is -0.299. The van der Waals surface area contributed by atoms with Crippen LogP contribution in [0, 0.1) is 13.8 Å². The minimum absolute atomic E-state index is 0.257. The van der Waals surface area contributed by atoms with Gasteiger partial charge in [0.1, 0.15) is 11.5 Å². The Morgan fingerprint density at radius 2 is 1.96 bits per heavy atom. The maximum atomic E-state index is 12.4. The lowest BCUT2D eigenvalue weighted by atomic mass is 10.1. The highest BCUT2D eigenvalue weighted by molar-refractivity contribution is 6.02. The van der Waals surface area contributed by atoms with Crippen molar-refractivity contribution in [1.29, 1.82) is 0 Å². The minimum Gasteiger partial charge on any atom is -0.456 e. The van der Waals surface area contributed by atoms with Crippen LogP contribution in [0.25, 0.3) is 5.69 Å². The van der Waals surface area contributed by atoms with Crippen LogP contribution in [-0.4, -0.2) is 20.8 Å². The van der Waals surface area contributed by atoms with Gasteiger partial charge >= 0.3 is 0 Å². The molecular formula is C20H18N4O3. The number of aromatic nitrogens is 3. The van der Waals surface area contributed by atoms with Crippen molar-refractivity contribution in [3.63, 3.8) is 0 Å². The molecule has 27 heavy (non-hydrogen) atoms. The highest BCUT2D eigenvalue weighted by Crippen LogP contribution is 2.20. The van der Waals surface area contributed by atoms with Gasteiger partial charge < -0.3 is 14.3 Å². The molecule has 0 bridgehead atoms. The molecule has 0 aliphatic heterocycles. The Kier molecular flexibility index (Phi) is 4.33. The highest BCUT2D eigenvalue weighted by Gasteiger charge is 2.15. The van der Waals surface area contributed by atoms with Gasteiger partial charge in [-0.1, -0.05) is 5.16 Å². The van der Waals surface area contributed by atoms with Crippen molar-refractivity contribution in [3.05, 3.63) is 83.4 Å². The van der Waals surface area contributed by atoms with Crippen LogP contribution >= 0.6 is 0 Å². The summed E-state index contributed by atoms with van der Waals surface area (Å²) in [6, 6.07) is 12.7. The molecule has 0 aliphatic carbocycles. The van der Waals surface area contributed by atoms with Gasteiger partial charge in [0.2, 0.25) is 0 Å². The van der Waals surface area contributed by atoms with Gasteiger partial charge in [0.25, 0.3) is 5.91 Å². The average Bonchev–Trinajstić information content (AvgIpc) is 3.41. The van der Waals surface area contributed by atoms with E-state index in [4.69, 9.17) is 8.94 Å². The second-order valence-corrected chi connectivity index (χ2v) is 6.20. The van der Waals surface area contributed by atoms with E-state index in [0.29, 0.717) is 17.9 Å². The van der Waals surface area contributed by atoms with E-state index in [2.05, 4.69) is 15.6 Å². The molecule has 1 aromatic carbocycles. The molecule has 0 unspecified atom stereocenters. The summed E-state index contributed by atoms with van der Waals surface area (Å²) in [5, 5.41) is 10.9. The van der Waals surface area contributed by atoms with Gasteiger partial charge in [-0.05, 0) is 56.3 Å². The SMILES string of the molecule is Cc1noc(C)c1Cc1ccc(C(=O)Nc2ccc(-n3cccn3)cc2)o1. The third kappa shape index (κ3) is 3.52. The van der Waals surface area contributed by atoms with Crippen molar-refractivity contribution in [3.8, 4) is 5.69 Å². The summed E-state index contributed by atoms with van der Waals surface area (Å²) in [4.78, 5) is 12.4. The number of benzene rings is 1. The first kappa shape index (κ1) is 16.8. The molecule has 3 aromatic heterocycles. The van der Waals surface area contributed by atoms with Crippen LogP contribution in [0.1, 0.15) is 33.3 Å². The van der Waals surface area contributed by atoms with Gasteiger partial charge in [0.05, 0.1) is 11.4 Å². The molecule has 7 heteroatoms. The Hall–Kier alpha value is -3.61. The molecule has 1 N–H and O–H groups in total. The molecule has 136 valence electrons. The van der Waals surface area contributed by atoms with Gasteiger partial charge in [-0.3, -0.25) is 4.79 Å². The summed E-state index contributed by atoms with van der Waals surface area (Å²) in [6.07, 6.45) is 4.11. The van der Waals surface area contributed by atoms with E-state index >= 15 is 0 Å². The summed E-state index contributed by atoms with van der Waals surface area (Å²) in [6.45, 7) is 3.74. The number of anilines is 1. The number of hydrogen-bond acceptors (Lipinski definition) is 5. The summed E-state index contributed by atoms with van der Waals surface area (Å²) in [5.41, 5.74) is 3.40. The van der Waals surface area contributed by atoms with Crippen molar-refractivity contribution in [1.82, 2.24) is 14.9 Å². The van der Waals surface area contributed by atoms with E-state index in [0.717, 1.165) is 22.7 Å². The van der Waals surface area contributed by atoms with Crippen molar-refractivity contribution < 1.29 is 13.7 Å². The fraction of sp³-hybridized carbons (Fsp3) is 0.150. The third-order valence-electron chi connectivity index (χ3n) is 4.31. The molecule has 4 aromatic rings. The normalized spacial score (nSPS) is 10.9. The molecule has 0 atom stereocenters. The van der Waals surface area contributed by atoms with E-state index in [1.54, 1.807) is 23.0 Å². The molecule has 7 nitrogen and oxygen atoms in total. The Morgan fingerprint density at radius 1 is 1.15 bits per heavy atom. The number of nitrogens with one attached hydrogen (secondary N) is 1. The summed E-state index contributed by atoms with van der Waals surface area (Å²) < 4.78 is 12.6. The third-order valence-corrected chi connectivity index (χ3v) is 4.31. The lowest BCUT2D eigenvalue weighted by Gasteiger charge is -2.05. The molecule has 0 saturated heterocycles. The van der Waals surface area contributed by atoms with Crippen LogP contribution < -0.4 is 5.32 Å². The number of furan rings is 1. The summed E-state index contributed by atoms with van der Waals surface area (Å²) in [7, 11) is 0. The number of carbonyl (C=O) groups excluding carboxylic acids is 1. The van der Waals surface area contributed by atoms with Crippen LogP contribution in [0.4, 0.5) is 5.69 Å². The van der Waals surface area contributed by atoms with E-state index in [-0.39, 0.29) is 11.7 Å². The Labute approximate surface area is 155 Å². The molecule has 3 heterocycles. The van der Waals surface area contributed by atoms with Crippen LogP contribution in [0.15, 0.2) is 63.8 Å². The number of aryl methyl sites for hydroxylation is 2. The van der Waals surface area contributed by atoms with Crippen LogP contribution in [0.5, 0.6) is 0 Å². The van der Waals surface area contributed by atoms with E-state index < -0.39 is 0 Å². The molecule has 0 saturated carbocycles. The monoisotopic (exact) mass is 362 g/mol. The first-order chi connectivity index (χ1) is 13.1. The maximum Gasteiger partial charge on any atom is 0.291 e. The fourth-order valence-electron chi connectivity index (χ4n) is 2.84. The first-order valence-electron chi connectivity index (χ1n) is 8.52. The van der Waals surface area contributed by atoms with Crippen molar-refractivity contribution in [2.75, 3.05) is 5.32 Å². The number of rotatable bonds is 5. The van der Waals surface area contributed by atoms with Crippen LogP contribution in [-0.2, 0) is 6.42 Å². The summed E-state index contributed by atoms with van der Waals surface area (Å²) in [5.74, 6) is 1.40. The quantitative estimate of drug-likeness (QED) is 0.582. The van der Waals surface area contributed by atoms with Crippen LogP contribution in [0.2, 0.25) is 0 Å². The molecule has 0 radical (unpaired) electrons. The van der Waals surface area contributed by atoms with Crippen LogP contribution in [0.3, 0.4) is 0 Å². The van der Waals surface area contributed by atoms with Gasteiger partial charge in [-0.25, -0.2) is 4.68 Å². The van der Waals surface area contributed by atoms with E-state index in [9.17, 15) is 4.79 Å². The maximum absolute atomic E-state index is 12.4. The topological polar surface area (TPSA) is 86.1 Å². The molecule has 4 rings (SSSR count). The zero-order chi connectivity index (χ0) is 18.8. The lowest BCUT2D eigenvalue weighted by Crippen LogP contribution is -2.10. The zero-order valence-corrected chi connectivity index (χ0v) is 15.0. The second-order valence-electron chi connectivity index (χ2n) is 6.20. The standard InChI is InChI=1S/C20H18N4O3/c1-13-18(14(2)27-23-13)12-17-8-9-19(26-17)20(25)22-15-4-6-16(7-5-15)24-11-3-10-21-24/h3-11H,12H2,1-2H3,(H,22,25). The number of hydrogen-bond donors (Lipinski definition) is 1. The van der Waals surface area contributed by atoms with Gasteiger partial charge in [-0.15, -0.1) is 0 Å². The molecule has 0 spiro atoms. The second kappa shape index (κ2) is 6.95. The Morgan fingerprint density at radius 3 is 2.63 bits per heavy atom. The first-order valence-corrected chi connectivity index (χ1v) is 8.52. The van der Waals surface area contributed by atoms with Crippen molar-refractivity contribution >= 4 is 11.6 Å². The number of amides is 1. The van der Waals surface area contributed by atoms with Gasteiger partial charge in [-0.2, -0.15) is 5.10 Å². The zero-order valence-electron chi connectivity index (χ0n) is 15.0. The fourth-order valence-corrected chi connectivity index (χ4v) is 2.84. The summed E-state index contributed by atoms with van der Waals surface area (Å²) >= 11 is 0.